The summed E-state index contributed by atoms with van der Waals surface area (Å²) in [6.45, 7) is 0.843. The zero-order valence-corrected chi connectivity index (χ0v) is 12.5. The maximum atomic E-state index is 13.1. The van der Waals surface area contributed by atoms with E-state index in [1.165, 1.54) is 24.3 Å². The van der Waals surface area contributed by atoms with Gasteiger partial charge in [0.2, 0.25) is 0 Å². The number of carbonyl (C=O) groups excluding carboxylic acids is 1. The van der Waals surface area contributed by atoms with E-state index < -0.39 is 17.6 Å². The summed E-state index contributed by atoms with van der Waals surface area (Å²) >= 11 is 0. The normalized spacial score (nSPS) is 16.5. The Kier molecular flexibility index (Phi) is 4.44. The van der Waals surface area contributed by atoms with E-state index in [1.54, 1.807) is 18.2 Å². The van der Waals surface area contributed by atoms with Crippen LogP contribution in [0, 0.1) is 0 Å². The number of carbonyl (C=O) groups is 1. The highest BCUT2D eigenvalue weighted by molar-refractivity contribution is 6.04. The molecule has 2 aromatic rings. The van der Waals surface area contributed by atoms with Crippen molar-refractivity contribution >= 4 is 11.6 Å². The number of hydrogen-bond donors (Lipinski definition) is 1. The summed E-state index contributed by atoms with van der Waals surface area (Å²) in [5.74, 6) is -0.384. The number of hydrogen-bond acceptors (Lipinski definition) is 3. The Morgan fingerprint density at radius 1 is 1.21 bits per heavy atom. The Morgan fingerprint density at radius 2 is 1.92 bits per heavy atom. The van der Waals surface area contributed by atoms with Crippen molar-refractivity contribution in [3.63, 3.8) is 0 Å². The zero-order chi connectivity index (χ0) is 17.2. The molecule has 1 heterocycles. The average Bonchev–Trinajstić information content (AvgIpc) is 3.37. The van der Waals surface area contributed by atoms with Gasteiger partial charge in [0.25, 0.3) is 5.91 Å². The molecule has 1 unspecified atom stereocenters. The smallest absolute Gasteiger partial charge is 0.418 e. The van der Waals surface area contributed by atoms with E-state index in [4.69, 9.17) is 9.47 Å². The van der Waals surface area contributed by atoms with Crippen LogP contribution in [0.4, 0.5) is 18.9 Å². The lowest BCUT2D eigenvalue weighted by Crippen LogP contribution is -2.17. The van der Waals surface area contributed by atoms with Gasteiger partial charge in [-0.05, 0) is 24.3 Å². The number of alkyl halides is 3. The van der Waals surface area contributed by atoms with Gasteiger partial charge in [-0.2, -0.15) is 13.2 Å². The quantitative estimate of drug-likeness (QED) is 0.846. The van der Waals surface area contributed by atoms with Gasteiger partial charge in [-0.25, -0.2) is 0 Å². The number of ether oxygens (including phenoxy) is 2. The predicted octanol–water partition coefficient (Wildman–Crippen LogP) is 3.74. The number of epoxide rings is 1. The molecule has 3 rings (SSSR count). The molecule has 0 aliphatic carbocycles. The molecule has 24 heavy (non-hydrogen) atoms. The van der Waals surface area contributed by atoms with Crippen LogP contribution in [-0.2, 0) is 10.9 Å². The number of amides is 1. The van der Waals surface area contributed by atoms with Crippen molar-refractivity contribution in [2.75, 3.05) is 18.5 Å². The molecule has 1 saturated heterocycles. The lowest BCUT2D eigenvalue weighted by molar-refractivity contribution is -0.136. The second-order valence-corrected chi connectivity index (χ2v) is 5.29. The van der Waals surface area contributed by atoms with Gasteiger partial charge in [0.1, 0.15) is 18.5 Å². The SMILES string of the molecule is O=C(Nc1cc(OCC2CO2)ccc1C(F)(F)F)c1ccccc1. The molecule has 0 radical (unpaired) electrons. The van der Waals surface area contributed by atoms with E-state index >= 15 is 0 Å². The first-order valence-electron chi connectivity index (χ1n) is 7.25. The van der Waals surface area contributed by atoms with Crippen molar-refractivity contribution in [1.82, 2.24) is 0 Å². The van der Waals surface area contributed by atoms with E-state index in [2.05, 4.69) is 5.32 Å². The van der Waals surface area contributed by atoms with Crippen molar-refractivity contribution in [2.24, 2.45) is 0 Å². The van der Waals surface area contributed by atoms with Crippen molar-refractivity contribution in [1.29, 1.82) is 0 Å². The fraction of sp³-hybridized carbons (Fsp3) is 0.235. The van der Waals surface area contributed by atoms with Crippen LogP contribution in [0.15, 0.2) is 48.5 Å². The van der Waals surface area contributed by atoms with E-state index in [0.29, 0.717) is 6.61 Å². The van der Waals surface area contributed by atoms with Gasteiger partial charge >= 0.3 is 6.18 Å². The third kappa shape index (κ3) is 4.05. The highest BCUT2D eigenvalue weighted by atomic mass is 19.4. The topological polar surface area (TPSA) is 50.9 Å². The number of rotatable bonds is 5. The molecule has 0 spiro atoms. The summed E-state index contributed by atoms with van der Waals surface area (Å²) in [6.07, 6.45) is -4.60. The lowest BCUT2D eigenvalue weighted by atomic mass is 10.1. The molecular formula is C17H14F3NO3. The molecule has 4 nitrogen and oxygen atoms in total. The zero-order valence-electron chi connectivity index (χ0n) is 12.5. The van der Waals surface area contributed by atoms with Gasteiger partial charge in [-0.3, -0.25) is 4.79 Å². The molecule has 0 bridgehead atoms. The van der Waals surface area contributed by atoms with Gasteiger partial charge in [-0.15, -0.1) is 0 Å². The summed E-state index contributed by atoms with van der Waals surface area (Å²) in [5.41, 5.74) is -1.00. The van der Waals surface area contributed by atoms with E-state index in [9.17, 15) is 18.0 Å². The molecule has 1 aliphatic rings. The largest absolute Gasteiger partial charge is 0.491 e. The molecule has 1 fully saturated rings. The van der Waals surface area contributed by atoms with Crippen molar-refractivity contribution < 1.29 is 27.4 Å². The molecule has 0 aromatic heterocycles. The molecule has 1 aliphatic heterocycles. The van der Waals surface area contributed by atoms with Crippen molar-refractivity contribution in [3.8, 4) is 5.75 Å². The van der Waals surface area contributed by atoms with Crippen molar-refractivity contribution in [3.05, 3.63) is 59.7 Å². The maximum absolute atomic E-state index is 13.1. The van der Waals surface area contributed by atoms with Crippen LogP contribution >= 0.6 is 0 Å². The molecule has 0 saturated carbocycles. The van der Waals surface area contributed by atoms with Crippen LogP contribution in [0.25, 0.3) is 0 Å². The first kappa shape index (κ1) is 16.3. The lowest BCUT2D eigenvalue weighted by Gasteiger charge is -2.15. The second-order valence-electron chi connectivity index (χ2n) is 5.29. The number of halogens is 3. The fourth-order valence-corrected chi connectivity index (χ4v) is 2.10. The highest BCUT2D eigenvalue weighted by Crippen LogP contribution is 2.37. The molecule has 1 N–H and O–H groups in total. The standard InChI is InChI=1S/C17H14F3NO3/c18-17(19,20)14-7-6-12(23-9-13-10-24-13)8-15(14)21-16(22)11-4-2-1-3-5-11/h1-8,13H,9-10H2,(H,21,22). The highest BCUT2D eigenvalue weighted by Gasteiger charge is 2.34. The Labute approximate surface area is 136 Å². The van der Waals surface area contributed by atoms with Crippen LogP contribution in [0.2, 0.25) is 0 Å². The first-order valence-corrected chi connectivity index (χ1v) is 7.25. The van der Waals surface area contributed by atoms with E-state index in [0.717, 1.165) is 6.07 Å². The third-order valence-electron chi connectivity index (χ3n) is 3.42. The summed E-state index contributed by atoms with van der Waals surface area (Å²) in [5, 5.41) is 2.31. The number of nitrogens with one attached hydrogen (secondary N) is 1. The summed E-state index contributed by atoms with van der Waals surface area (Å²) in [4.78, 5) is 12.1. The first-order chi connectivity index (χ1) is 11.4. The van der Waals surface area contributed by atoms with Crippen LogP contribution in [-0.4, -0.2) is 25.2 Å². The van der Waals surface area contributed by atoms with Crippen LogP contribution in [0.3, 0.4) is 0 Å². The van der Waals surface area contributed by atoms with Gasteiger partial charge in [0, 0.05) is 11.6 Å². The van der Waals surface area contributed by atoms with Crippen LogP contribution in [0.5, 0.6) is 5.75 Å². The van der Waals surface area contributed by atoms with Crippen LogP contribution < -0.4 is 10.1 Å². The molecule has 126 valence electrons. The number of anilines is 1. The second kappa shape index (κ2) is 6.52. The Bertz CT molecular complexity index is 728. The van der Waals surface area contributed by atoms with Crippen LogP contribution in [0.1, 0.15) is 15.9 Å². The Balaban J connectivity index is 1.84. The average molecular weight is 337 g/mol. The summed E-state index contributed by atoms with van der Waals surface area (Å²) in [6, 6.07) is 11.3. The van der Waals surface area contributed by atoms with Gasteiger partial charge in [0.05, 0.1) is 17.9 Å². The Hall–Kier alpha value is -2.54. The minimum atomic E-state index is -4.59. The van der Waals surface area contributed by atoms with Gasteiger partial charge in [-0.1, -0.05) is 18.2 Å². The Morgan fingerprint density at radius 3 is 2.54 bits per heavy atom. The number of benzene rings is 2. The van der Waals surface area contributed by atoms with E-state index in [-0.39, 0.29) is 29.7 Å². The summed E-state index contributed by atoms with van der Waals surface area (Å²) < 4.78 is 49.8. The monoisotopic (exact) mass is 337 g/mol. The summed E-state index contributed by atoms with van der Waals surface area (Å²) in [7, 11) is 0. The molecule has 1 atom stereocenters. The minimum absolute atomic E-state index is 0.0188. The fourth-order valence-electron chi connectivity index (χ4n) is 2.10. The van der Waals surface area contributed by atoms with Gasteiger partial charge in [0.15, 0.2) is 0 Å². The molecular weight excluding hydrogens is 323 g/mol. The van der Waals surface area contributed by atoms with E-state index in [1.807, 2.05) is 0 Å². The molecule has 7 heteroatoms. The molecule has 2 aromatic carbocycles. The van der Waals surface area contributed by atoms with Crippen molar-refractivity contribution in [2.45, 2.75) is 12.3 Å². The predicted molar refractivity (Wildman–Crippen MR) is 81.1 cm³/mol. The maximum Gasteiger partial charge on any atom is 0.418 e. The third-order valence-corrected chi connectivity index (χ3v) is 3.42. The van der Waals surface area contributed by atoms with Gasteiger partial charge < -0.3 is 14.8 Å². The molecule has 1 amide bonds. The minimum Gasteiger partial charge on any atom is -0.491 e.